The largest absolute Gasteiger partial charge is 0.342 e. The number of rotatable bonds is 3. The number of carbonyl (C=O) groups excluding carboxylic acids is 2. The molecular weight excluding hydrogens is 431 g/mol. The summed E-state index contributed by atoms with van der Waals surface area (Å²) in [4.78, 5) is 31.0. The number of carbonyl (C=O) groups is 2. The Morgan fingerprint density at radius 2 is 2.04 bits per heavy atom. The van der Waals surface area contributed by atoms with Crippen LogP contribution in [0.25, 0.3) is 0 Å². The molecule has 2 fully saturated rings. The van der Waals surface area contributed by atoms with Gasteiger partial charge in [0.1, 0.15) is 5.82 Å². The Hall–Kier alpha value is -0.890. The van der Waals surface area contributed by atoms with Crippen LogP contribution < -0.4 is 10.6 Å². The summed E-state index contributed by atoms with van der Waals surface area (Å²) in [6.07, 6.45) is 4.24. The van der Waals surface area contributed by atoms with Crippen LogP contribution >= 0.6 is 40.7 Å². The van der Waals surface area contributed by atoms with Crippen molar-refractivity contribution in [3.8, 4) is 0 Å². The number of nitrogens with zero attached hydrogens (tertiary/aromatic N) is 2. The highest BCUT2D eigenvalue weighted by Gasteiger charge is 2.32. The van der Waals surface area contributed by atoms with E-state index >= 15 is 0 Å². The lowest BCUT2D eigenvalue weighted by Crippen LogP contribution is -2.46. The second-order valence-electron chi connectivity index (χ2n) is 6.16. The molecule has 6 nitrogen and oxygen atoms in total. The first-order valence-corrected chi connectivity index (χ1v) is 8.84. The van der Waals surface area contributed by atoms with Crippen molar-refractivity contribution in [2.75, 3.05) is 31.5 Å². The molecule has 2 aliphatic heterocycles. The molecule has 2 unspecified atom stereocenters. The van der Waals surface area contributed by atoms with Gasteiger partial charge in [0.25, 0.3) is 0 Å². The molecule has 3 rings (SSSR count). The summed E-state index contributed by atoms with van der Waals surface area (Å²) >= 11 is 3.32. The van der Waals surface area contributed by atoms with Gasteiger partial charge in [-0.3, -0.25) is 9.59 Å². The normalized spacial score (nSPS) is 22.5. The van der Waals surface area contributed by atoms with E-state index in [4.69, 9.17) is 0 Å². The van der Waals surface area contributed by atoms with E-state index in [2.05, 4.69) is 31.5 Å². The average molecular weight is 454 g/mol. The van der Waals surface area contributed by atoms with E-state index in [1.54, 1.807) is 12.3 Å². The van der Waals surface area contributed by atoms with Gasteiger partial charge in [-0.1, -0.05) is 0 Å². The van der Waals surface area contributed by atoms with Gasteiger partial charge in [0.15, 0.2) is 0 Å². The second-order valence-corrected chi connectivity index (χ2v) is 7.08. The number of amides is 2. The molecule has 2 aliphatic rings. The Kier molecular flexibility index (Phi) is 9.13. The number of nitrogens with one attached hydrogen (secondary N) is 2. The predicted octanol–water partition coefficient (Wildman–Crippen LogP) is 2.47. The Bertz CT molecular complexity index is 582. The highest BCUT2D eigenvalue weighted by Crippen LogP contribution is 2.22. The van der Waals surface area contributed by atoms with Gasteiger partial charge < -0.3 is 15.5 Å². The summed E-state index contributed by atoms with van der Waals surface area (Å²) in [5, 5.41) is 6.07. The SMILES string of the molecule is Cl.Cl.O=C(Nc1ccc(Br)cn1)C1CCCN(C(=O)C2CCNC2)C1. The van der Waals surface area contributed by atoms with Gasteiger partial charge in [-0.25, -0.2) is 4.98 Å². The maximum absolute atomic E-state index is 12.5. The first-order chi connectivity index (χ1) is 11.1. The molecule has 0 aliphatic carbocycles. The van der Waals surface area contributed by atoms with Crippen LogP contribution in [0.15, 0.2) is 22.8 Å². The summed E-state index contributed by atoms with van der Waals surface area (Å²) < 4.78 is 0.870. The summed E-state index contributed by atoms with van der Waals surface area (Å²) in [7, 11) is 0. The van der Waals surface area contributed by atoms with Crippen molar-refractivity contribution in [2.45, 2.75) is 19.3 Å². The van der Waals surface area contributed by atoms with Crippen molar-refractivity contribution in [1.29, 1.82) is 0 Å². The molecule has 0 bridgehead atoms. The lowest BCUT2D eigenvalue weighted by Gasteiger charge is -2.33. The van der Waals surface area contributed by atoms with Crippen LogP contribution in [0.4, 0.5) is 5.82 Å². The van der Waals surface area contributed by atoms with Crippen LogP contribution in [-0.4, -0.2) is 47.9 Å². The van der Waals surface area contributed by atoms with E-state index in [-0.39, 0.29) is 48.5 Å². The summed E-state index contributed by atoms with van der Waals surface area (Å²) in [5.74, 6) is 0.593. The van der Waals surface area contributed by atoms with E-state index in [0.717, 1.165) is 43.4 Å². The van der Waals surface area contributed by atoms with Crippen LogP contribution in [0.1, 0.15) is 19.3 Å². The number of hydrogen-bond donors (Lipinski definition) is 2. The topological polar surface area (TPSA) is 74.3 Å². The van der Waals surface area contributed by atoms with Crippen LogP contribution in [0.3, 0.4) is 0 Å². The number of halogens is 3. The summed E-state index contributed by atoms with van der Waals surface area (Å²) in [5.41, 5.74) is 0. The third-order valence-electron chi connectivity index (χ3n) is 4.49. The molecule has 2 amide bonds. The van der Waals surface area contributed by atoms with Crippen molar-refractivity contribution in [1.82, 2.24) is 15.2 Å². The molecule has 0 spiro atoms. The number of pyridine rings is 1. The van der Waals surface area contributed by atoms with Crippen LogP contribution in [-0.2, 0) is 9.59 Å². The van der Waals surface area contributed by atoms with Gasteiger partial charge in [-0.05, 0) is 53.9 Å². The quantitative estimate of drug-likeness (QED) is 0.737. The molecule has 0 radical (unpaired) electrons. The molecule has 1 aromatic heterocycles. The zero-order chi connectivity index (χ0) is 16.2. The first-order valence-electron chi connectivity index (χ1n) is 8.05. The zero-order valence-electron chi connectivity index (χ0n) is 13.7. The highest BCUT2D eigenvalue weighted by atomic mass is 79.9. The molecule has 2 saturated heterocycles. The van der Waals surface area contributed by atoms with Crippen molar-refractivity contribution in [2.24, 2.45) is 11.8 Å². The fourth-order valence-corrected chi connectivity index (χ4v) is 3.43. The Morgan fingerprint density at radius 3 is 2.68 bits per heavy atom. The lowest BCUT2D eigenvalue weighted by atomic mass is 9.95. The smallest absolute Gasteiger partial charge is 0.230 e. The maximum atomic E-state index is 12.5. The zero-order valence-corrected chi connectivity index (χ0v) is 17.0. The van der Waals surface area contributed by atoms with E-state index in [1.165, 1.54) is 0 Å². The monoisotopic (exact) mass is 452 g/mol. The van der Waals surface area contributed by atoms with Gasteiger partial charge in [-0.15, -0.1) is 24.8 Å². The number of anilines is 1. The molecule has 9 heteroatoms. The van der Waals surface area contributed by atoms with Gasteiger partial charge in [0.05, 0.1) is 11.8 Å². The second kappa shape index (κ2) is 10.3. The number of piperidine rings is 1. The summed E-state index contributed by atoms with van der Waals surface area (Å²) in [6.45, 7) is 2.94. The van der Waals surface area contributed by atoms with Gasteiger partial charge in [0, 0.05) is 30.3 Å². The van der Waals surface area contributed by atoms with E-state index in [1.807, 2.05) is 11.0 Å². The van der Waals surface area contributed by atoms with Crippen molar-refractivity contribution < 1.29 is 9.59 Å². The van der Waals surface area contributed by atoms with Crippen LogP contribution in [0.2, 0.25) is 0 Å². The molecule has 140 valence electrons. The lowest BCUT2D eigenvalue weighted by molar-refractivity contribution is -0.138. The Labute approximate surface area is 168 Å². The molecule has 2 atom stereocenters. The Balaban J connectivity index is 0.00000156. The molecule has 2 N–H and O–H groups in total. The van der Waals surface area contributed by atoms with Crippen molar-refractivity contribution in [3.63, 3.8) is 0 Å². The first kappa shape index (κ1) is 22.2. The number of aromatic nitrogens is 1. The fraction of sp³-hybridized carbons (Fsp3) is 0.562. The maximum Gasteiger partial charge on any atom is 0.230 e. The van der Waals surface area contributed by atoms with Crippen molar-refractivity contribution >= 4 is 58.4 Å². The third-order valence-corrected chi connectivity index (χ3v) is 4.96. The molecule has 0 saturated carbocycles. The van der Waals surface area contributed by atoms with E-state index in [0.29, 0.717) is 12.4 Å². The minimum Gasteiger partial charge on any atom is -0.342 e. The third kappa shape index (κ3) is 5.81. The van der Waals surface area contributed by atoms with Gasteiger partial charge in [-0.2, -0.15) is 0 Å². The molecule has 1 aromatic rings. The van der Waals surface area contributed by atoms with E-state index < -0.39 is 0 Å². The molecule has 3 heterocycles. The van der Waals surface area contributed by atoms with Crippen molar-refractivity contribution in [3.05, 3.63) is 22.8 Å². The number of likely N-dealkylation sites (tertiary alicyclic amines) is 1. The molecule has 25 heavy (non-hydrogen) atoms. The molecule has 0 aromatic carbocycles. The predicted molar refractivity (Wildman–Crippen MR) is 105 cm³/mol. The minimum absolute atomic E-state index is 0. The van der Waals surface area contributed by atoms with E-state index in [9.17, 15) is 9.59 Å². The summed E-state index contributed by atoms with van der Waals surface area (Å²) in [6, 6.07) is 3.60. The standard InChI is InChI=1S/C16H21BrN4O2.2ClH/c17-13-3-4-14(19-9-13)20-15(22)12-2-1-7-21(10-12)16(23)11-5-6-18-8-11;;/h3-4,9,11-12,18H,1-2,5-8,10H2,(H,19,20,22);2*1H. The van der Waals surface area contributed by atoms with Crippen LogP contribution in [0, 0.1) is 11.8 Å². The number of hydrogen-bond acceptors (Lipinski definition) is 4. The fourth-order valence-electron chi connectivity index (χ4n) is 3.19. The van der Waals surface area contributed by atoms with Crippen LogP contribution in [0.5, 0.6) is 0 Å². The molecular formula is C16H23BrCl2N4O2. The van der Waals surface area contributed by atoms with Gasteiger partial charge >= 0.3 is 0 Å². The Morgan fingerprint density at radius 1 is 1.24 bits per heavy atom. The highest BCUT2D eigenvalue weighted by molar-refractivity contribution is 9.10. The van der Waals surface area contributed by atoms with Gasteiger partial charge in [0.2, 0.25) is 11.8 Å². The average Bonchev–Trinajstić information content (AvgIpc) is 3.11. The minimum atomic E-state index is -0.160.